The topological polar surface area (TPSA) is 112 Å². The van der Waals surface area contributed by atoms with Crippen molar-refractivity contribution in [1.29, 1.82) is 0 Å². The quantitative estimate of drug-likeness (QED) is 0.578. The molecule has 10 heteroatoms. The highest BCUT2D eigenvalue weighted by atomic mass is 35.5. The van der Waals surface area contributed by atoms with E-state index in [9.17, 15) is 4.79 Å². The number of rotatable bonds is 8. The first-order valence-electron chi connectivity index (χ1n) is 10.1. The molecule has 4 N–H and O–H groups in total. The molecule has 30 heavy (non-hydrogen) atoms. The first-order chi connectivity index (χ1) is 14.4. The Morgan fingerprint density at radius 3 is 2.43 bits per heavy atom. The van der Waals surface area contributed by atoms with Crippen LogP contribution >= 0.6 is 11.6 Å². The minimum absolute atomic E-state index is 0.0836. The molecule has 1 aromatic carbocycles. The molecule has 0 spiro atoms. The maximum atomic E-state index is 12.0. The number of nitrogens with zero attached hydrogens (tertiary/aromatic N) is 5. The molecule has 1 aliphatic rings. The van der Waals surface area contributed by atoms with Gasteiger partial charge in [0.15, 0.2) is 0 Å². The molecular formula is C20H29ClN8O. The molecule has 1 aromatic heterocycles. The summed E-state index contributed by atoms with van der Waals surface area (Å²) in [6.45, 7) is 9.23. The summed E-state index contributed by atoms with van der Waals surface area (Å²) in [5.74, 6) is 1.73. The van der Waals surface area contributed by atoms with Crippen molar-refractivity contribution in [3.8, 4) is 0 Å². The van der Waals surface area contributed by atoms with Gasteiger partial charge >= 0.3 is 0 Å². The van der Waals surface area contributed by atoms with Crippen molar-refractivity contribution in [3.05, 3.63) is 35.1 Å². The lowest BCUT2D eigenvalue weighted by atomic mass is 10.2. The minimum Gasteiger partial charge on any atom is -0.368 e. The van der Waals surface area contributed by atoms with Gasteiger partial charge in [-0.05, 0) is 30.2 Å². The smallest absolute Gasteiger partial charge is 0.234 e. The Hall–Kier alpha value is -2.49. The van der Waals surface area contributed by atoms with Crippen molar-refractivity contribution in [2.45, 2.75) is 20.4 Å². The molecule has 162 valence electrons. The van der Waals surface area contributed by atoms with Crippen LogP contribution in [0.5, 0.6) is 0 Å². The van der Waals surface area contributed by atoms with Crippen molar-refractivity contribution < 1.29 is 4.79 Å². The van der Waals surface area contributed by atoms with Crippen molar-refractivity contribution in [3.63, 3.8) is 0 Å². The number of nitrogen functional groups attached to an aromatic ring is 1. The van der Waals surface area contributed by atoms with Crippen LogP contribution in [0.1, 0.15) is 19.7 Å². The molecule has 0 unspecified atom stereocenters. The van der Waals surface area contributed by atoms with Gasteiger partial charge in [-0.15, -0.1) is 0 Å². The summed E-state index contributed by atoms with van der Waals surface area (Å²) in [6.07, 6.45) is 0. The van der Waals surface area contributed by atoms with Crippen molar-refractivity contribution in [1.82, 2.24) is 30.1 Å². The van der Waals surface area contributed by atoms with Gasteiger partial charge in [0.1, 0.15) is 5.82 Å². The summed E-state index contributed by atoms with van der Waals surface area (Å²) < 4.78 is 0. The Balaban J connectivity index is 1.50. The van der Waals surface area contributed by atoms with E-state index in [2.05, 4.69) is 49.2 Å². The Bertz CT molecular complexity index is 837. The number of carbonyl (C=O) groups excluding carboxylic acids is 1. The van der Waals surface area contributed by atoms with E-state index in [0.717, 1.165) is 31.9 Å². The van der Waals surface area contributed by atoms with E-state index >= 15 is 0 Å². The number of piperazine rings is 1. The predicted octanol–water partition coefficient (Wildman–Crippen LogP) is 1.74. The van der Waals surface area contributed by atoms with Crippen LogP contribution < -0.4 is 16.4 Å². The summed E-state index contributed by atoms with van der Waals surface area (Å²) in [7, 11) is 0. The highest BCUT2D eigenvalue weighted by molar-refractivity contribution is 6.30. The largest absolute Gasteiger partial charge is 0.368 e. The van der Waals surface area contributed by atoms with Crippen LogP contribution in [0.25, 0.3) is 0 Å². The highest BCUT2D eigenvalue weighted by Gasteiger charge is 2.20. The lowest BCUT2D eigenvalue weighted by Gasteiger charge is -2.33. The highest BCUT2D eigenvalue weighted by Crippen LogP contribution is 2.17. The van der Waals surface area contributed by atoms with Crippen LogP contribution in [0.4, 0.5) is 17.6 Å². The zero-order valence-electron chi connectivity index (χ0n) is 17.4. The van der Waals surface area contributed by atoms with Gasteiger partial charge < -0.3 is 16.4 Å². The molecule has 2 aromatic rings. The number of hydrogen-bond acceptors (Lipinski definition) is 8. The first kappa shape index (κ1) is 22.2. The van der Waals surface area contributed by atoms with Crippen molar-refractivity contribution in [2.75, 3.05) is 50.3 Å². The minimum atomic E-state index is 0.0836. The van der Waals surface area contributed by atoms with E-state index in [1.807, 2.05) is 12.1 Å². The fraction of sp³-hybridized carbons (Fsp3) is 0.500. The van der Waals surface area contributed by atoms with Gasteiger partial charge in [-0.1, -0.05) is 25.4 Å². The number of nitrogens with two attached hydrogens (primary N) is 1. The summed E-state index contributed by atoms with van der Waals surface area (Å²) in [4.78, 5) is 29.3. The third-order valence-corrected chi connectivity index (χ3v) is 4.96. The molecule has 1 amide bonds. The molecule has 0 saturated carbocycles. The second-order valence-electron chi connectivity index (χ2n) is 7.82. The zero-order valence-corrected chi connectivity index (χ0v) is 18.2. The Labute approximate surface area is 182 Å². The van der Waals surface area contributed by atoms with Crippen LogP contribution in [0.2, 0.25) is 5.02 Å². The van der Waals surface area contributed by atoms with E-state index < -0.39 is 0 Å². The molecule has 1 saturated heterocycles. The Morgan fingerprint density at radius 2 is 1.77 bits per heavy atom. The molecule has 1 fully saturated rings. The third kappa shape index (κ3) is 7.08. The number of nitrogens with one attached hydrogen (secondary N) is 2. The molecular weight excluding hydrogens is 404 g/mol. The second kappa shape index (κ2) is 10.5. The molecule has 0 radical (unpaired) electrons. The maximum absolute atomic E-state index is 12.0. The molecule has 0 bridgehead atoms. The molecule has 0 atom stereocenters. The van der Waals surface area contributed by atoms with E-state index in [-0.39, 0.29) is 11.9 Å². The van der Waals surface area contributed by atoms with E-state index in [1.54, 1.807) is 12.1 Å². The number of benzene rings is 1. The number of anilines is 3. The average Bonchev–Trinajstić information content (AvgIpc) is 2.69. The third-order valence-electron chi connectivity index (χ3n) is 4.70. The monoisotopic (exact) mass is 432 g/mol. The summed E-state index contributed by atoms with van der Waals surface area (Å²) in [5.41, 5.74) is 6.69. The summed E-state index contributed by atoms with van der Waals surface area (Å²) >= 11 is 5.92. The molecule has 2 heterocycles. The predicted molar refractivity (Wildman–Crippen MR) is 119 cm³/mol. The van der Waals surface area contributed by atoms with Crippen LogP contribution in [0.3, 0.4) is 0 Å². The number of carbonyl (C=O) groups is 1. The Kier molecular flexibility index (Phi) is 7.78. The lowest BCUT2D eigenvalue weighted by molar-refractivity contribution is -0.122. The van der Waals surface area contributed by atoms with Crippen LogP contribution in [0, 0.1) is 5.92 Å². The maximum Gasteiger partial charge on any atom is 0.234 e. The van der Waals surface area contributed by atoms with Gasteiger partial charge in [-0.3, -0.25) is 14.6 Å². The van der Waals surface area contributed by atoms with Gasteiger partial charge in [0.2, 0.25) is 17.8 Å². The Morgan fingerprint density at radius 1 is 1.10 bits per heavy atom. The fourth-order valence-corrected chi connectivity index (χ4v) is 3.24. The van der Waals surface area contributed by atoms with Gasteiger partial charge in [0, 0.05) is 43.4 Å². The molecule has 0 aliphatic carbocycles. The normalized spacial score (nSPS) is 15.3. The number of amides is 1. The fourth-order valence-electron chi connectivity index (χ4n) is 3.11. The van der Waals surface area contributed by atoms with Crippen molar-refractivity contribution in [2.24, 2.45) is 5.92 Å². The van der Waals surface area contributed by atoms with Gasteiger partial charge in [-0.25, -0.2) is 0 Å². The van der Waals surface area contributed by atoms with E-state index in [0.29, 0.717) is 42.3 Å². The standard InChI is InChI=1S/C20H29ClN8O/c1-14(2)11-23-18(30)13-29-9-7-28(8-10-29)12-17-25-19(22)27-20(26-17)24-16-5-3-15(21)4-6-16/h3-6,14H,7-13H2,1-2H3,(H,23,30)(H3,22,24,25,26,27). The molecule has 1 aliphatic heterocycles. The SMILES string of the molecule is CC(C)CNC(=O)CN1CCN(Cc2nc(N)nc(Nc3ccc(Cl)cc3)n2)CC1. The molecule has 9 nitrogen and oxygen atoms in total. The average molecular weight is 433 g/mol. The van der Waals surface area contributed by atoms with Gasteiger partial charge in [-0.2, -0.15) is 15.0 Å². The second-order valence-corrected chi connectivity index (χ2v) is 8.25. The van der Waals surface area contributed by atoms with E-state index in [4.69, 9.17) is 17.3 Å². The van der Waals surface area contributed by atoms with Crippen molar-refractivity contribution >= 4 is 35.1 Å². The molecule has 3 rings (SSSR count). The summed E-state index contributed by atoms with van der Waals surface area (Å²) in [5, 5.41) is 6.75. The lowest BCUT2D eigenvalue weighted by Crippen LogP contribution is -2.49. The number of halogens is 1. The van der Waals surface area contributed by atoms with Crippen LogP contribution in [-0.4, -0.2) is 69.9 Å². The van der Waals surface area contributed by atoms with Crippen LogP contribution in [0.15, 0.2) is 24.3 Å². The van der Waals surface area contributed by atoms with Crippen LogP contribution in [-0.2, 0) is 11.3 Å². The number of hydrogen-bond donors (Lipinski definition) is 3. The van der Waals surface area contributed by atoms with Gasteiger partial charge in [0.25, 0.3) is 0 Å². The van der Waals surface area contributed by atoms with E-state index in [1.165, 1.54) is 0 Å². The number of aromatic nitrogens is 3. The zero-order chi connectivity index (χ0) is 21.5. The van der Waals surface area contributed by atoms with Gasteiger partial charge in [0.05, 0.1) is 13.1 Å². The first-order valence-corrected chi connectivity index (χ1v) is 10.5. The summed E-state index contributed by atoms with van der Waals surface area (Å²) in [6, 6.07) is 7.27.